The molecule has 0 saturated carbocycles. The predicted octanol–water partition coefficient (Wildman–Crippen LogP) is 1.49. The first-order valence-corrected chi connectivity index (χ1v) is 4.63. The van der Waals surface area contributed by atoms with Crippen LogP contribution in [-0.4, -0.2) is 20.7 Å². The molecule has 14 heavy (non-hydrogen) atoms. The molecule has 0 saturated heterocycles. The van der Waals surface area contributed by atoms with Crippen LogP contribution in [-0.2, 0) is 6.42 Å². The van der Waals surface area contributed by atoms with Crippen LogP contribution < -0.4 is 0 Å². The topological polar surface area (TPSA) is 47.3 Å². The van der Waals surface area contributed by atoms with Crippen LogP contribution >= 0.6 is 0 Å². The molecular weight excluding hydrogens is 178 g/mol. The molecule has 0 radical (unpaired) electrons. The number of aromatic nitrogens is 3. The molecule has 0 unspecified atom stereocenters. The Kier molecular flexibility index (Phi) is 2.26. The molecule has 2 heterocycles. The minimum Gasteiger partial charge on any atom is -0.296 e. The van der Waals surface area contributed by atoms with Gasteiger partial charge < -0.3 is 0 Å². The first-order valence-electron chi connectivity index (χ1n) is 4.63. The second-order valence-corrected chi connectivity index (χ2v) is 3.12. The van der Waals surface area contributed by atoms with E-state index in [2.05, 4.69) is 16.9 Å². The Morgan fingerprint density at radius 3 is 3.14 bits per heavy atom. The maximum atomic E-state index is 10.9. The smallest absolute Gasteiger partial charge is 0.168 e. The second-order valence-electron chi connectivity index (χ2n) is 3.12. The van der Waals surface area contributed by atoms with E-state index in [9.17, 15) is 4.79 Å². The van der Waals surface area contributed by atoms with Gasteiger partial charge in [-0.2, -0.15) is 0 Å². The number of imidazole rings is 1. The summed E-state index contributed by atoms with van der Waals surface area (Å²) < 4.78 is 1.77. The van der Waals surface area contributed by atoms with Gasteiger partial charge >= 0.3 is 0 Å². The molecule has 0 aromatic carbocycles. The van der Waals surface area contributed by atoms with E-state index in [-0.39, 0.29) is 0 Å². The van der Waals surface area contributed by atoms with Crippen LogP contribution in [0.3, 0.4) is 0 Å². The van der Waals surface area contributed by atoms with Gasteiger partial charge in [-0.1, -0.05) is 13.3 Å². The zero-order chi connectivity index (χ0) is 9.97. The van der Waals surface area contributed by atoms with Crippen LogP contribution in [0.5, 0.6) is 0 Å². The van der Waals surface area contributed by atoms with Crippen molar-refractivity contribution in [3.8, 4) is 0 Å². The lowest BCUT2D eigenvalue weighted by atomic mass is 10.2. The Bertz CT molecular complexity index is 461. The number of carbonyl (C=O) groups excluding carboxylic acids is 1. The summed E-state index contributed by atoms with van der Waals surface area (Å²) in [6.07, 6.45) is 7.73. The number of rotatable bonds is 3. The molecule has 2 aromatic rings. The average molecular weight is 189 g/mol. The summed E-state index contributed by atoms with van der Waals surface area (Å²) in [5.74, 6) is 0. The SMILES string of the molecule is CCCc1nc2cnccn2c1C=O. The number of carbonyl (C=O) groups is 1. The van der Waals surface area contributed by atoms with Crippen LogP contribution in [0.2, 0.25) is 0 Å². The molecule has 0 N–H and O–H groups in total. The van der Waals surface area contributed by atoms with Gasteiger partial charge in [0.1, 0.15) is 5.69 Å². The Hall–Kier alpha value is -1.71. The summed E-state index contributed by atoms with van der Waals surface area (Å²) in [6.45, 7) is 2.07. The van der Waals surface area contributed by atoms with Crippen LogP contribution in [0, 0.1) is 0 Å². The molecule has 0 amide bonds. The van der Waals surface area contributed by atoms with Gasteiger partial charge in [0.15, 0.2) is 11.9 Å². The van der Waals surface area contributed by atoms with E-state index < -0.39 is 0 Å². The fraction of sp³-hybridized carbons (Fsp3) is 0.300. The summed E-state index contributed by atoms with van der Waals surface area (Å²) in [5, 5.41) is 0. The molecular formula is C10H11N3O. The predicted molar refractivity (Wildman–Crippen MR) is 52.4 cm³/mol. The van der Waals surface area contributed by atoms with Crippen molar-refractivity contribution in [3.05, 3.63) is 30.0 Å². The summed E-state index contributed by atoms with van der Waals surface area (Å²) in [4.78, 5) is 19.2. The summed E-state index contributed by atoms with van der Waals surface area (Å²) in [5.41, 5.74) is 2.23. The molecule has 4 heteroatoms. The van der Waals surface area contributed by atoms with Gasteiger partial charge in [0, 0.05) is 12.4 Å². The minimum absolute atomic E-state index is 0.643. The first-order chi connectivity index (χ1) is 6.86. The molecule has 0 aliphatic carbocycles. The molecule has 2 aromatic heterocycles. The number of aryl methyl sites for hydroxylation is 1. The lowest BCUT2D eigenvalue weighted by molar-refractivity contribution is 0.111. The van der Waals surface area contributed by atoms with Gasteiger partial charge in [-0.05, 0) is 6.42 Å². The standard InChI is InChI=1S/C10H11N3O/c1-2-3-8-9(7-14)13-5-4-11-6-10(13)12-8/h4-7H,2-3H2,1H3. The number of fused-ring (bicyclic) bond motifs is 1. The van der Waals surface area contributed by atoms with Gasteiger partial charge in [0.25, 0.3) is 0 Å². The van der Waals surface area contributed by atoms with E-state index in [4.69, 9.17) is 0 Å². The van der Waals surface area contributed by atoms with E-state index in [0.29, 0.717) is 5.69 Å². The lowest BCUT2D eigenvalue weighted by Crippen LogP contribution is -1.94. The molecule has 4 nitrogen and oxygen atoms in total. The highest BCUT2D eigenvalue weighted by atomic mass is 16.1. The third kappa shape index (κ3) is 1.28. The van der Waals surface area contributed by atoms with Crippen LogP contribution in [0.25, 0.3) is 5.65 Å². The van der Waals surface area contributed by atoms with Crippen molar-refractivity contribution in [2.75, 3.05) is 0 Å². The fourth-order valence-electron chi connectivity index (χ4n) is 1.52. The molecule has 0 fully saturated rings. The minimum atomic E-state index is 0.643. The van der Waals surface area contributed by atoms with Crippen LogP contribution in [0.15, 0.2) is 18.6 Å². The summed E-state index contributed by atoms with van der Waals surface area (Å²) in [7, 11) is 0. The van der Waals surface area contributed by atoms with Gasteiger partial charge in [-0.15, -0.1) is 0 Å². The van der Waals surface area contributed by atoms with Crippen molar-refractivity contribution in [3.63, 3.8) is 0 Å². The highest BCUT2D eigenvalue weighted by Gasteiger charge is 2.09. The lowest BCUT2D eigenvalue weighted by Gasteiger charge is -1.94. The van der Waals surface area contributed by atoms with Gasteiger partial charge in [-0.25, -0.2) is 4.98 Å². The Labute approximate surface area is 81.6 Å². The van der Waals surface area contributed by atoms with Gasteiger partial charge in [-0.3, -0.25) is 14.2 Å². The van der Waals surface area contributed by atoms with E-state index >= 15 is 0 Å². The largest absolute Gasteiger partial charge is 0.296 e. The number of aldehydes is 1. The van der Waals surface area contributed by atoms with Crippen molar-refractivity contribution in [1.82, 2.24) is 14.4 Å². The van der Waals surface area contributed by atoms with Gasteiger partial charge in [0.2, 0.25) is 0 Å². The molecule has 2 rings (SSSR count). The van der Waals surface area contributed by atoms with E-state index in [1.165, 1.54) is 0 Å². The molecule has 0 aliphatic heterocycles. The molecule has 0 atom stereocenters. The first kappa shape index (κ1) is 8.87. The van der Waals surface area contributed by atoms with Gasteiger partial charge in [0.05, 0.1) is 11.9 Å². The monoisotopic (exact) mass is 189 g/mol. The highest BCUT2D eigenvalue weighted by molar-refractivity contribution is 5.76. The molecule has 0 bridgehead atoms. The molecule has 72 valence electrons. The third-order valence-electron chi connectivity index (χ3n) is 2.14. The number of nitrogens with zero attached hydrogens (tertiary/aromatic N) is 3. The Morgan fingerprint density at radius 2 is 2.43 bits per heavy atom. The molecule has 0 aliphatic rings. The van der Waals surface area contributed by atoms with Crippen molar-refractivity contribution in [2.24, 2.45) is 0 Å². The maximum absolute atomic E-state index is 10.9. The van der Waals surface area contributed by atoms with Crippen molar-refractivity contribution in [1.29, 1.82) is 0 Å². The van der Waals surface area contributed by atoms with Crippen molar-refractivity contribution in [2.45, 2.75) is 19.8 Å². The quantitative estimate of drug-likeness (QED) is 0.687. The van der Waals surface area contributed by atoms with Crippen LogP contribution in [0.1, 0.15) is 29.5 Å². The van der Waals surface area contributed by atoms with E-state index in [0.717, 1.165) is 30.5 Å². The number of hydrogen-bond acceptors (Lipinski definition) is 3. The van der Waals surface area contributed by atoms with E-state index in [1.54, 1.807) is 23.0 Å². The van der Waals surface area contributed by atoms with Crippen molar-refractivity contribution < 1.29 is 4.79 Å². The zero-order valence-corrected chi connectivity index (χ0v) is 7.97. The number of hydrogen-bond donors (Lipinski definition) is 0. The summed E-state index contributed by atoms with van der Waals surface area (Å²) in [6, 6.07) is 0. The van der Waals surface area contributed by atoms with Crippen LogP contribution in [0.4, 0.5) is 0 Å². The Morgan fingerprint density at radius 1 is 1.57 bits per heavy atom. The van der Waals surface area contributed by atoms with E-state index in [1.807, 2.05) is 0 Å². The zero-order valence-electron chi connectivity index (χ0n) is 7.97. The highest BCUT2D eigenvalue weighted by Crippen LogP contribution is 2.11. The average Bonchev–Trinajstić information content (AvgIpc) is 2.55. The maximum Gasteiger partial charge on any atom is 0.168 e. The normalized spacial score (nSPS) is 10.6. The second kappa shape index (κ2) is 3.57. The Balaban J connectivity index is 2.65. The fourth-order valence-corrected chi connectivity index (χ4v) is 1.52. The molecule has 0 spiro atoms. The van der Waals surface area contributed by atoms with Crippen molar-refractivity contribution >= 4 is 11.9 Å². The summed E-state index contributed by atoms with van der Waals surface area (Å²) >= 11 is 0. The third-order valence-corrected chi connectivity index (χ3v) is 2.14.